The average molecular weight is 427 g/mol. The highest BCUT2D eigenvalue weighted by atomic mass is 32.2. The van der Waals surface area contributed by atoms with Gasteiger partial charge in [-0.25, -0.2) is 0 Å². The van der Waals surface area contributed by atoms with E-state index in [4.69, 9.17) is 0 Å². The highest BCUT2D eigenvalue weighted by Gasteiger charge is 2.23. The Labute approximate surface area is 179 Å². The van der Waals surface area contributed by atoms with E-state index < -0.39 is 0 Å². The Morgan fingerprint density at radius 2 is 2.17 bits per heavy atom. The first-order valence-corrected chi connectivity index (χ1v) is 11.8. The molecule has 7 heteroatoms. The molecule has 3 aromatic rings. The minimum Gasteiger partial charge on any atom is -0.325 e. The van der Waals surface area contributed by atoms with Crippen molar-refractivity contribution in [2.24, 2.45) is 13.0 Å². The smallest absolute Gasteiger partial charge is 0.234 e. The van der Waals surface area contributed by atoms with Crippen LogP contribution in [0.5, 0.6) is 0 Å². The number of thioether (sulfide) groups is 1. The van der Waals surface area contributed by atoms with E-state index in [9.17, 15) is 4.79 Å². The van der Waals surface area contributed by atoms with Crippen LogP contribution in [0.3, 0.4) is 0 Å². The zero-order chi connectivity index (χ0) is 20.5. The first-order valence-electron chi connectivity index (χ1n) is 9.91. The molecule has 0 saturated heterocycles. The molecule has 5 nitrogen and oxygen atoms in total. The predicted molar refractivity (Wildman–Crippen MR) is 121 cm³/mol. The van der Waals surface area contributed by atoms with Crippen molar-refractivity contribution in [1.29, 1.82) is 0 Å². The summed E-state index contributed by atoms with van der Waals surface area (Å²) in [7, 11) is 1.98. The van der Waals surface area contributed by atoms with Gasteiger partial charge in [0.05, 0.1) is 5.75 Å². The molecule has 0 spiro atoms. The van der Waals surface area contributed by atoms with E-state index in [0.29, 0.717) is 5.75 Å². The third kappa shape index (κ3) is 4.26. The quantitative estimate of drug-likeness (QED) is 0.582. The lowest BCUT2D eigenvalue weighted by molar-refractivity contribution is -0.113. The molecule has 1 aliphatic rings. The summed E-state index contributed by atoms with van der Waals surface area (Å²) in [5, 5.41) is 14.8. The van der Waals surface area contributed by atoms with Gasteiger partial charge in [0.2, 0.25) is 5.91 Å². The number of thiophene rings is 1. The van der Waals surface area contributed by atoms with Gasteiger partial charge in [-0.15, -0.1) is 21.5 Å². The SMILES string of the molecule is Cc1ccc(NC(=O)CSc2nnc(-c3csc4c3CCC(C)C4)n2C)c(C)c1. The van der Waals surface area contributed by atoms with Gasteiger partial charge in [0.15, 0.2) is 11.0 Å². The molecule has 1 unspecified atom stereocenters. The Balaban J connectivity index is 1.44. The van der Waals surface area contributed by atoms with Gasteiger partial charge < -0.3 is 9.88 Å². The molecular formula is C22H26N4OS2. The molecule has 29 heavy (non-hydrogen) atoms. The normalized spacial score (nSPS) is 15.9. The van der Waals surface area contributed by atoms with Crippen molar-refractivity contribution in [2.45, 2.75) is 45.2 Å². The minimum absolute atomic E-state index is 0.0339. The lowest BCUT2D eigenvalue weighted by atomic mass is 9.88. The van der Waals surface area contributed by atoms with Crippen molar-refractivity contribution < 1.29 is 4.79 Å². The number of amides is 1. The molecule has 1 aliphatic carbocycles. The second-order valence-electron chi connectivity index (χ2n) is 7.92. The second kappa shape index (κ2) is 8.32. The van der Waals surface area contributed by atoms with Crippen LogP contribution in [0.2, 0.25) is 0 Å². The van der Waals surface area contributed by atoms with E-state index >= 15 is 0 Å². The van der Waals surface area contributed by atoms with Crippen LogP contribution < -0.4 is 5.32 Å². The third-order valence-corrected chi connectivity index (χ3v) is 7.54. The molecule has 1 atom stereocenters. The Hall–Kier alpha value is -2.12. The molecule has 2 aromatic heterocycles. The number of hydrogen-bond acceptors (Lipinski definition) is 5. The maximum Gasteiger partial charge on any atom is 0.234 e. The van der Waals surface area contributed by atoms with Crippen molar-refractivity contribution in [3.8, 4) is 11.4 Å². The van der Waals surface area contributed by atoms with Crippen molar-refractivity contribution in [3.05, 3.63) is 45.1 Å². The maximum absolute atomic E-state index is 12.4. The fraction of sp³-hybridized carbons (Fsp3) is 0.409. The van der Waals surface area contributed by atoms with E-state index in [0.717, 1.165) is 41.0 Å². The van der Waals surface area contributed by atoms with Gasteiger partial charge >= 0.3 is 0 Å². The van der Waals surface area contributed by atoms with E-state index in [1.165, 1.54) is 39.8 Å². The van der Waals surface area contributed by atoms with Gasteiger partial charge in [-0.1, -0.05) is 36.4 Å². The fourth-order valence-corrected chi connectivity index (χ4v) is 5.76. The van der Waals surface area contributed by atoms with Crippen LogP contribution in [0.1, 0.15) is 34.9 Å². The van der Waals surface area contributed by atoms with E-state index in [1.54, 1.807) is 0 Å². The van der Waals surface area contributed by atoms with Crippen molar-refractivity contribution in [1.82, 2.24) is 14.8 Å². The first-order chi connectivity index (χ1) is 13.9. The number of fused-ring (bicyclic) bond motifs is 1. The zero-order valence-electron chi connectivity index (χ0n) is 17.3. The average Bonchev–Trinajstić information content (AvgIpc) is 3.25. The Kier molecular flexibility index (Phi) is 5.79. The molecule has 1 amide bonds. The largest absolute Gasteiger partial charge is 0.325 e. The number of benzene rings is 1. The van der Waals surface area contributed by atoms with Crippen LogP contribution in [-0.4, -0.2) is 26.4 Å². The van der Waals surface area contributed by atoms with E-state index in [1.807, 2.05) is 48.9 Å². The van der Waals surface area contributed by atoms with Gasteiger partial charge in [0, 0.05) is 28.6 Å². The number of carbonyl (C=O) groups excluding carboxylic acids is 1. The lowest BCUT2D eigenvalue weighted by Crippen LogP contribution is -2.15. The molecule has 152 valence electrons. The standard InChI is InChI=1S/C22H26N4OS2/c1-13-6-8-18(15(3)9-13)23-20(27)12-29-22-25-24-21(26(22)4)17-11-28-19-10-14(2)5-7-16(17)19/h6,8-9,11,14H,5,7,10,12H2,1-4H3,(H,23,27). The summed E-state index contributed by atoms with van der Waals surface area (Å²) in [4.78, 5) is 13.9. The monoisotopic (exact) mass is 426 g/mol. The summed E-state index contributed by atoms with van der Waals surface area (Å²) in [5.74, 6) is 1.93. The Morgan fingerprint density at radius 3 is 2.97 bits per heavy atom. The summed E-state index contributed by atoms with van der Waals surface area (Å²) in [6.07, 6.45) is 3.51. The molecular weight excluding hydrogens is 400 g/mol. The third-order valence-electron chi connectivity index (χ3n) is 5.47. The van der Waals surface area contributed by atoms with Crippen LogP contribution >= 0.6 is 23.1 Å². The number of aryl methyl sites for hydroxylation is 2. The predicted octanol–water partition coefficient (Wildman–Crippen LogP) is 5.02. The molecule has 0 fully saturated rings. The van der Waals surface area contributed by atoms with Crippen LogP contribution in [0.4, 0.5) is 5.69 Å². The van der Waals surface area contributed by atoms with Crippen molar-refractivity contribution >= 4 is 34.7 Å². The van der Waals surface area contributed by atoms with Gasteiger partial charge in [-0.2, -0.15) is 0 Å². The Morgan fingerprint density at radius 1 is 1.34 bits per heavy atom. The number of hydrogen-bond donors (Lipinski definition) is 1. The summed E-state index contributed by atoms with van der Waals surface area (Å²) in [5.41, 5.74) is 5.76. The van der Waals surface area contributed by atoms with Crippen LogP contribution in [-0.2, 0) is 24.7 Å². The molecule has 0 bridgehead atoms. The minimum atomic E-state index is -0.0339. The number of nitrogens with one attached hydrogen (secondary N) is 1. The Bertz CT molecular complexity index is 1050. The lowest BCUT2D eigenvalue weighted by Gasteiger charge is -2.18. The number of carbonyl (C=O) groups is 1. The number of rotatable bonds is 5. The number of nitrogens with zero attached hydrogens (tertiary/aromatic N) is 3. The maximum atomic E-state index is 12.4. The van der Waals surface area contributed by atoms with Gasteiger partial charge in [0.1, 0.15) is 0 Å². The van der Waals surface area contributed by atoms with Crippen molar-refractivity contribution in [3.63, 3.8) is 0 Å². The molecule has 0 radical (unpaired) electrons. The molecule has 0 aliphatic heterocycles. The summed E-state index contributed by atoms with van der Waals surface area (Å²) in [6, 6.07) is 6.03. The van der Waals surface area contributed by atoms with Crippen LogP contribution in [0.25, 0.3) is 11.4 Å². The van der Waals surface area contributed by atoms with Crippen molar-refractivity contribution in [2.75, 3.05) is 11.1 Å². The number of anilines is 1. The van der Waals surface area contributed by atoms with Crippen LogP contribution in [0.15, 0.2) is 28.7 Å². The highest BCUT2D eigenvalue weighted by Crippen LogP contribution is 2.38. The topological polar surface area (TPSA) is 59.8 Å². The highest BCUT2D eigenvalue weighted by molar-refractivity contribution is 7.99. The first kappa shape index (κ1) is 20.2. The van der Waals surface area contributed by atoms with E-state index in [-0.39, 0.29) is 5.91 Å². The van der Waals surface area contributed by atoms with E-state index in [2.05, 4.69) is 33.9 Å². The summed E-state index contributed by atoms with van der Waals surface area (Å²) in [6.45, 7) is 6.38. The molecule has 0 saturated carbocycles. The van der Waals surface area contributed by atoms with Crippen LogP contribution in [0, 0.1) is 19.8 Å². The van der Waals surface area contributed by atoms with Gasteiger partial charge in [0.25, 0.3) is 0 Å². The van der Waals surface area contributed by atoms with Gasteiger partial charge in [-0.05, 0) is 56.2 Å². The van der Waals surface area contributed by atoms with Gasteiger partial charge in [-0.3, -0.25) is 4.79 Å². The summed E-state index contributed by atoms with van der Waals surface area (Å²) < 4.78 is 2.01. The molecule has 2 heterocycles. The molecule has 1 N–H and O–H groups in total. The second-order valence-corrected chi connectivity index (χ2v) is 9.83. The summed E-state index contributed by atoms with van der Waals surface area (Å²) >= 11 is 3.26. The molecule has 4 rings (SSSR count). The molecule has 1 aromatic carbocycles. The zero-order valence-corrected chi connectivity index (χ0v) is 18.9. The fourth-order valence-electron chi connectivity index (χ4n) is 3.81. The number of aromatic nitrogens is 3.